The molecule has 3 N–H and O–H groups in total. The Kier molecular flexibility index (Phi) is 7.00. The zero-order valence-electron chi connectivity index (χ0n) is 16.0. The zero-order valence-corrected chi connectivity index (χ0v) is 16.0. The number of hydrogen-bond acceptors (Lipinski definition) is 6. The lowest BCUT2D eigenvalue weighted by Gasteiger charge is -2.25. The molecule has 0 radical (unpaired) electrons. The van der Waals surface area contributed by atoms with Gasteiger partial charge in [-0.2, -0.15) is 0 Å². The van der Waals surface area contributed by atoms with E-state index < -0.39 is 11.2 Å². The summed E-state index contributed by atoms with van der Waals surface area (Å²) in [5.74, 6) is 0.462. The van der Waals surface area contributed by atoms with Gasteiger partial charge in [-0.1, -0.05) is 13.3 Å². The van der Waals surface area contributed by atoms with Crippen LogP contribution in [0.2, 0.25) is 0 Å². The number of nitrogens with two attached hydrogens (primary N) is 1. The van der Waals surface area contributed by atoms with Gasteiger partial charge in [-0.15, -0.1) is 0 Å². The number of nitrogen functional groups attached to an aromatic ring is 1. The highest BCUT2D eigenvalue weighted by molar-refractivity contribution is 5.96. The molecule has 0 aliphatic rings. The van der Waals surface area contributed by atoms with Crippen LogP contribution >= 0.6 is 0 Å². The number of rotatable bonds is 9. The van der Waals surface area contributed by atoms with E-state index in [0.29, 0.717) is 13.1 Å². The average molecular weight is 377 g/mol. The van der Waals surface area contributed by atoms with E-state index in [1.807, 2.05) is 13.0 Å². The van der Waals surface area contributed by atoms with Gasteiger partial charge >= 0.3 is 5.69 Å². The van der Waals surface area contributed by atoms with Crippen molar-refractivity contribution in [2.45, 2.75) is 39.8 Å². The van der Waals surface area contributed by atoms with Gasteiger partial charge in [0, 0.05) is 13.1 Å². The van der Waals surface area contributed by atoms with Crippen molar-refractivity contribution in [2.75, 3.05) is 30.8 Å². The van der Waals surface area contributed by atoms with E-state index in [1.165, 1.54) is 9.47 Å². The minimum Gasteiger partial charge on any atom is -0.468 e. The normalized spacial score (nSPS) is 11.1. The maximum atomic E-state index is 12.8. The fraction of sp³-hybridized carbons (Fsp3) is 0.500. The number of nitrogens with one attached hydrogen (secondary N) is 1. The van der Waals surface area contributed by atoms with Crippen molar-refractivity contribution in [1.29, 1.82) is 0 Å². The molecule has 0 atom stereocenters. The molecule has 2 heterocycles. The van der Waals surface area contributed by atoms with Gasteiger partial charge in [0.05, 0.1) is 19.4 Å². The van der Waals surface area contributed by atoms with E-state index in [-0.39, 0.29) is 30.5 Å². The van der Waals surface area contributed by atoms with Crippen LogP contribution < -0.4 is 21.9 Å². The van der Waals surface area contributed by atoms with E-state index in [1.54, 1.807) is 31.2 Å². The number of carbonyl (C=O) groups excluding carboxylic acids is 1. The molecule has 0 fully saturated rings. The second-order valence-corrected chi connectivity index (χ2v) is 6.39. The second-order valence-electron chi connectivity index (χ2n) is 6.39. The summed E-state index contributed by atoms with van der Waals surface area (Å²) in [6.07, 6.45) is 3.18. The maximum absolute atomic E-state index is 12.8. The second kappa shape index (κ2) is 9.22. The molecule has 0 aliphatic heterocycles. The van der Waals surface area contributed by atoms with E-state index in [4.69, 9.17) is 10.2 Å². The van der Waals surface area contributed by atoms with Crippen molar-refractivity contribution in [3.8, 4) is 0 Å². The third-order valence-electron chi connectivity index (χ3n) is 4.25. The number of H-pyrrole nitrogens is 1. The average Bonchev–Trinajstić information content (AvgIpc) is 3.10. The van der Waals surface area contributed by atoms with Crippen LogP contribution in [-0.4, -0.2) is 40.5 Å². The minimum atomic E-state index is -0.658. The highest BCUT2D eigenvalue weighted by Gasteiger charge is 2.23. The summed E-state index contributed by atoms with van der Waals surface area (Å²) in [5, 5.41) is 0. The van der Waals surface area contributed by atoms with Crippen LogP contribution in [-0.2, 0) is 17.9 Å². The van der Waals surface area contributed by atoms with Crippen molar-refractivity contribution < 1.29 is 9.21 Å². The molecule has 1 amide bonds. The monoisotopic (exact) mass is 377 g/mol. The van der Waals surface area contributed by atoms with Gasteiger partial charge in [-0.05, 0) is 32.5 Å². The Morgan fingerprint density at radius 3 is 2.67 bits per heavy atom. The first kappa shape index (κ1) is 20.5. The number of aromatic nitrogens is 2. The number of furan rings is 1. The van der Waals surface area contributed by atoms with Crippen molar-refractivity contribution in [3.63, 3.8) is 0 Å². The molecule has 0 unspecified atom stereocenters. The highest BCUT2D eigenvalue weighted by atomic mass is 16.3. The van der Waals surface area contributed by atoms with Crippen LogP contribution in [0.1, 0.15) is 32.4 Å². The Labute approximate surface area is 157 Å². The van der Waals surface area contributed by atoms with Crippen LogP contribution in [0.15, 0.2) is 32.4 Å². The quantitative estimate of drug-likeness (QED) is 0.673. The van der Waals surface area contributed by atoms with Gasteiger partial charge in [0.1, 0.15) is 11.6 Å². The van der Waals surface area contributed by atoms with Crippen molar-refractivity contribution in [2.24, 2.45) is 0 Å². The van der Waals surface area contributed by atoms with E-state index in [0.717, 1.165) is 18.6 Å². The summed E-state index contributed by atoms with van der Waals surface area (Å²) in [6.45, 7) is 4.91. The van der Waals surface area contributed by atoms with E-state index in [9.17, 15) is 14.4 Å². The molecular weight excluding hydrogens is 350 g/mol. The Hall–Kier alpha value is -2.81. The van der Waals surface area contributed by atoms with Crippen LogP contribution in [0.5, 0.6) is 0 Å². The summed E-state index contributed by atoms with van der Waals surface area (Å²) >= 11 is 0. The molecule has 0 saturated carbocycles. The molecule has 0 saturated heterocycles. The molecule has 0 bridgehead atoms. The highest BCUT2D eigenvalue weighted by Crippen LogP contribution is 2.17. The number of amides is 1. The van der Waals surface area contributed by atoms with Crippen molar-refractivity contribution >= 4 is 17.4 Å². The SMILES string of the molecule is CCCCn1c(N)c(N(CC)C(=O)CN(C)Cc2ccco2)c(=O)[nH]c1=O. The lowest BCUT2D eigenvalue weighted by molar-refractivity contribution is -0.119. The van der Waals surface area contributed by atoms with Crippen LogP contribution in [0.25, 0.3) is 0 Å². The lowest BCUT2D eigenvalue weighted by Crippen LogP contribution is -2.44. The van der Waals surface area contributed by atoms with E-state index in [2.05, 4.69) is 4.98 Å². The molecule has 0 spiro atoms. The Balaban J connectivity index is 2.26. The van der Waals surface area contributed by atoms with Gasteiger partial charge in [0.15, 0.2) is 5.69 Å². The van der Waals surface area contributed by atoms with Crippen molar-refractivity contribution in [3.05, 3.63) is 45.0 Å². The molecule has 9 heteroatoms. The van der Waals surface area contributed by atoms with Gasteiger partial charge in [0.2, 0.25) is 5.91 Å². The maximum Gasteiger partial charge on any atom is 0.330 e. The fourth-order valence-corrected chi connectivity index (χ4v) is 2.88. The number of hydrogen-bond donors (Lipinski definition) is 2. The Morgan fingerprint density at radius 2 is 2.07 bits per heavy atom. The first-order valence-electron chi connectivity index (χ1n) is 9.02. The molecule has 9 nitrogen and oxygen atoms in total. The topological polar surface area (TPSA) is 118 Å². The van der Waals surface area contributed by atoms with Crippen molar-refractivity contribution in [1.82, 2.24) is 14.5 Å². The first-order chi connectivity index (χ1) is 12.9. The summed E-state index contributed by atoms with van der Waals surface area (Å²) in [7, 11) is 1.78. The predicted molar refractivity (Wildman–Crippen MR) is 104 cm³/mol. The summed E-state index contributed by atoms with van der Waals surface area (Å²) in [6, 6.07) is 3.61. The zero-order chi connectivity index (χ0) is 20.0. The summed E-state index contributed by atoms with van der Waals surface area (Å²) in [5.41, 5.74) is 4.90. The number of nitrogens with zero attached hydrogens (tertiary/aromatic N) is 3. The molecule has 0 aliphatic carbocycles. The standard InChI is InChI=1S/C18H27N5O4/c1-4-6-9-23-16(19)15(17(25)20-18(23)26)22(5-2)14(24)12-21(3)11-13-8-7-10-27-13/h7-8,10H,4-6,9,11-12,19H2,1-3H3,(H,20,25,26). The molecular formula is C18H27N5O4. The van der Waals surface area contributed by atoms with Crippen LogP contribution in [0.4, 0.5) is 11.5 Å². The minimum absolute atomic E-state index is 0.0149. The van der Waals surface area contributed by atoms with Gasteiger partial charge in [0.25, 0.3) is 5.56 Å². The van der Waals surface area contributed by atoms with Crippen LogP contribution in [0, 0.1) is 0 Å². The number of unbranched alkanes of at least 4 members (excludes halogenated alkanes) is 1. The molecule has 148 valence electrons. The summed E-state index contributed by atoms with van der Waals surface area (Å²) < 4.78 is 6.59. The van der Waals surface area contributed by atoms with Gasteiger partial charge in [-0.3, -0.25) is 24.0 Å². The number of anilines is 2. The third-order valence-corrected chi connectivity index (χ3v) is 4.25. The third kappa shape index (κ3) is 4.88. The molecule has 2 aromatic rings. The molecule has 2 rings (SSSR count). The predicted octanol–water partition coefficient (Wildman–Crippen LogP) is 0.997. The van der Waals surface area contributed by atoms with Crippen LogP contribution in [0.3, 0.4) is 0 Å². The molecule has 0 aromatic carbocycles. The Morgan fingerprint density at radius 1 is 1.33 bits per heavy atom. The number of likely N-dealkylation sites (N-methyl/N-ethyl adjacent to an activating group) is 2. The fourth-order valence-electron chi connectivity index (χ4n) is 2.88. The van der Waals surface area contributed by atoms with E-state index >= 15 is 0 Å². The number of aromatic amines is 1. The Bertz CT molecular complexity index is 869. The lowest BCUT2D eigenvalue weighted by atomic mass is 10.3. The first-order valence-corrected chi connectivity index (χ1v) is 9.02. The molecule has 27 heavy (non-hydrogen) atoms. The number of carbonyl (C=O) groups is 1. The smallest absolute Gasteiger partial charge is 0.330 e. The largest absolute Gasteiger partial charge is 0.468 e. The molecule has 2 aromatic heterocycles. The van der Waals surface area contributed by atoms with Gasteiger partial charge in [-0.25, -0.2) is 4.79 Å². The summed E-state index contributed by atoms with van der Waals surface area (Å²) in [4.78, 5) is 42.6. The van der Waals surface area contributed by atoms with Gasteiger partial charge < -0.3 is 15.1 Å².